The number of thiophene rings is 1. The van der Waals surface area contributed by atoms with Crippen molar-refractivity contribution in [2.24, 2.45) is 0 Å². The van der Waals surface area contributed by atoms with Crippen LogP contribution in [0.1, 0.15) is 67.8 Å². The lowest BCUT2D eigenvalue weighted by Gasteiger charge is -2.40. The van der Waals surface area contributed by atoms with Crippen molar-refractivity contribution in [1.82, 2.24) is 15.8 Å². The maximum atomic E-state index is 13.3. The first-order valence-electron chi connectivity index (χ1n) is 14.6. The normalized spacial score (nSPS) is 16.8. The SMILES string of the molecule is C[C@@H](O[Si](C)(C)C(C)(C)C)[C@H](NC(=O)c1ccc(C#Cc2ccc(-c3ccccn3)s2)cc1)C(=O)NOC1CCCCO1. The van der Waals surface area contributed by atoms with Crippen molar-refractivity contribution in [1.29, 1.82) is 0 Å². The van der Waals surface area contributed by atoms with E-state index in [-0.39, 0.29) is 5.04 Å². The maximum absolute atomic E-state index is 13.3. The third kappa shape index (κ3) is 9.08. The molecule has 0 radical (unpaired) electrons. The predicted molar refractivity (Wildman–Crippen MR) is 172 cm³/mol. The molecule has 3 aromatic rings. The smallest absolute Gasteiger partial charge is 0.268 e. The lowest BCUT2D eigenvalue weighted by atomic mass is 10.1. The molecule has 0 bridgehead atoms. The average Bonchev–Trinajstić information content (AvgIpc) is 3.47. The number of aromatic nitrogens is 1. The highest BCUT2D eigenvalue weighted by Crippen LogP contribution is 2.37. The van der Waals surface area contributed by atoms with Crippen LogP contribution in [0.25, 0.3) is 10.6 Å². The number of nitrogens with one attached hydrogen (secondary N) is 2. The fourth-order valence-corrected chi connectivity index (χ4v) is 6.47. The molecule has 2 amide bonds. The number of hydrogen-bond donors (Lipinski definition) is 2. The Morgan fingerprint density at radius 1 is 1.07 bits per heavy atom. The fourth-order valence-electron chi connectivity index (χ4n) is 4.21. The van der Waals surface area contributed by atoms with Crippen LogP contribution < -0.4 is 10.8 Å². The number of benzene rings is 1. The molecular formula is C33H41N3O5SSi. The minimum Gasteiger partial charge on any atom is -0.412 e. The Kier molecular flexibility index (Phi) is 10.9. The van der Waals surface area contributed by atoms with E-state index in [9.17, 15) is 9.59 Å². The highest BCUT2D eigenvalue weighted by Gasteiger charge is 2.41. The third-order valence-corrected chi connectivity index (χ3v) is 13.4. The molecule has 4 rings (SSSR count). The molecule has 10 heteroatoms. The second-order valence-electron chi connectivity index (χ2n) is 12.1. The van der Waals surface area contributed by atoms with Crippen LogP contribution in [0.4, 0.5) is 0 Å². The van der Waals surface area contributed by atoms with Gasteiger partial charge >= 0.3 is 0 Å². The van der Waals surface area contributed by atoms with E-state index in [0.29, 0.717) is 18.6 Å². The summed E-state index contributed by atoms with van der Waals surface area (Å²) >= 11 is 1.58. The van der Waals surface area contributed by atoms with E-state index >= 15 is 0 Å². The summed E-state index contributed by atoms with van der Waals surface area (Å²) in [5, 5.41) is 2.80. The van der Waals surface area contributed by atoms with Gasteiger partial charge in [-0.25, -0.2) is 10.3 Å². The van der Waals surface area contributed by atoms with Gasteiger partial charge in [-0.05, 0) is 86.4 Å². The van der Waals surface area contributed by atoms with Gasteiger partial charge in [-0.15, -0.1) is 11.3 Å². The summed E-state index contributed by atoms with van der Waals surface area (Å²) in [4.78, 5) is 38.5. The minimum atomic E-state index is -2.24. The monoisotopic (exact) mass is 619 g/mol. The molecule has 43 heavy (non-hydrogen) atoms. The molecule has 3 heterocycles. The van der Waals surface area contributed by atoms with Crippen molar-refractivity contribution in [3.8, 4) is 22.4 Å². The summed E-state index contributed by atoms with van der Waals surface area (Å²) in [6, 6.07) is 15.8. The summed E-state index contributed by atoms with van der Waals surface area (Å²) < 4.78 is 12.1. The van der Waals surface area contributed by atoms with Gasteiger partial charge in [-0.1, -0.05) is 38.7 Å². The standard InChI is InChI=1S/C33H41N3O5SSi/c1-23(41-43(5,6)33(2,3)4)30(32(38)36-40-29-12-8-10-22-39-29)35-31(37)25-16-13-24(14-17-25)15-18-26-19-20-28(42-26)27-11-7-9-21-34-27/h7,9,11,13-14,16-17,19-21,23,29-30H,8,10,12,22H2,1-6H3,(H,35,37)(H,36,38)/t23-,29?,30+/m1/s1. The van der Waals surface area contributed by atoms with E-state index in [1.807, 2.05) is 37.3 Å². The van der Waals surface area contributed by atoms with Gasteiger partial charge in [-0.3, -0.25) is 14.6 Å². The largest absolute Gasteiger partial charge is 0.412 e. The number of amides is 2. The average molecular weight is 620 g/mol. The molecule has 1 aliphatic rings. The quantitative estimate of drug-likeness (QED) is 0.166. The van der Waals surface area contributed by atoms with Gasteiger partial charge < -0.3 is 14.5 Å². The van der Waals surface area contributed by atoms with Gasteiger partial charge in [-0.2, -0.15) is 0 Å². The molecule has 2 aromatic heterocycles. The van der Waals surface area contributed by atoms with Crippen LogP contribution in [0.5, 0.6) is 0 Å². The Labute approximate surface area is 259 Å². The van der Waals surface area contributed by atoms with Crippen molar-refractivity contribution < 1.29 is 23.6 Å². The van der Waals surface area contributed by atoms with Gasteiger partial charge in [0.05, 0.1) is 21.6 Å². The van der Waals surface area contributed by atoms with E-state index in [0.717, 1.165) is 33.9 Å². The molecule has 3 atom stereocenters. The molecule has 0 aliphatic carbocycles. The summed E-state index contributed by atoms with van der Waals surface area (Å²) in [6.07, 6.45) is 3.30. The van der Waals surface area contributed by atoms with E-state index in [4.69, 9.17) is 14.0 Å². The lowest BCUT2D eigenvalue weighted by Crippen LogP contribution is -2.57. The summed E-state index contributed by atoms with van der Waals surface area (Å²) in [5.74, 6) is 5.46. The van der Waals surface area contributed by atoms with Crippen LogP contribution >= 0.6 is 11.3 Å². The first kappa shape index (κ1) is 32.6. The third-order valence-electron chi connectivity index (χ3n) is 7.75. The topological polar surface area (TPSA) is 98.8 Å². The van der Waals surface area contributed by atoms with Crippen LogP contribution in [0.3, 0.4) is 0 Å². The Morgan fingerprint density at radius 3 is 2.49 bits per heavy atom. The summed E-state index contributed by atoms with van der Waals surface area (Å²) in [5.41, 5.74) is 4.60. The molecule has 228 valence electrons. The number of hydroxylamine groups is 1. The van der Waals surface area contributed by atoms with Crippen molar-refractivity contribution in [3.63, 3.8) is 0 Å². The first-order valence-corrected chi connectivity index (χ1v) is 18.3. The molecule has 0 saturated carbocycles. The van der Waals surface area contributed by atoms with Crippen molar-refractivity contribution in [3.05, 3.63) is 76.8 Å². The highest BCUT2D eigenvalue weighted by atomic mass is 32.1. The molecule has 1 aromatic carbocycles. The van der Waals surface area contributed by atoms with E-state index in [2.05, 4.69) is 61.5 Å². The zero-order valence-electron chi connectivity index (χ0n) is 25.7. The number of ether oxygens (including phenoxy) is 1. The number of rotatable bonds is 9. The van der Waals surface area contributed by atoms with Crippen molar-refractivity contribution >= 4 is 31.5 Å². The molecule has 2 N–H and O–H groups in total. The maximum Gasteiger partial charge on any atom is 0.268 e. The van der Waals surface area contributed by atoms with E-state index in [1.165, 1.54) is 0 Å². The van der Waals surface area contributed by atoms with Gasteiger partial charge in [0.15, 0.2) is 14.6 Å². The van der Waals surface area contributed by atoms with Gasteiger partial charge in [0.2, 0.25) is 0 Å². The molecule has 1 unspecified atom stereocenters. The Hall–Kier alpha value is -3.33. The lowest BCUT2D eigenvalue weighted by molar-refractivity contribution is -0.202. The molecule has 1 fully saturated rings. The van der Waals surface area contributed by atoms with Crippen LogP contribution in [-0.2, 0) is 18.8 Å². The number of hydrogen-bond acceptors (Lipinski definition) is 7. The molecule has 8 nitrogen and oxygen atoms in total. The van der Waals surface area contributed by atoms with Crippen molar-refractivity contribution in [2.45, 2.75) is 83.5 Å². The van der Waals surface area contributed by atoms with Crippen LogP contribution in [0.2, 0.25) is 18.1 Å². The molecule has 1 aliphatic heterocycles. The fraction of sp³-hybridized carbons (Fsp3) is 0.424. The Bertz CT molecular complexity index is 1430. The summed E-state index contributed by atoms with van der Waals surface area (Å²) in [6.45, 7) is 13.0. The Morgan fingerprint density at radius 2 is 1.84 bits per heavy atom. The number of pyridine rings is 1. The van der Waals surface area contributed by atoms with Gasteiger partial charge in [0.25, 0.3) is 11.8 Å². The van der Waals surface area contributed by atoms with Crippen molar-refractivity contribution in [2.75, 3.05) is 6.61 Å². The first-order chi connectivity index (χ1) is 20.4. The Balaban J connectivity index is 1.43. The zero-order chi connectivity index (χ0) is 31.0. The second kappa shape index (κ2) is 14.4. The molecule has 0 spiro atoms. The minimum absolute atomic E-state index is 0.0707. The number of carbonyl (C=O) groups excluding carboxylic acids is 2. The van der Waals surface area contributed by atoms with Gasteiger partial charge in [0.1, 0.15) is 6.04 Å². The summed E-state index contributed by atoms with van der Waals surface area (Å²) in [7, 11) is -2.24. The number of carbonyl (C=O) groups is 2. The van der Waals surface area contributed by atoms with Crippen LogP contribution in [0.15, 0.2) is 60.8 Å². The molecular weight excluding hydrogens is 579 g/mol. The predicted octanol–water partition coefficient (Wildman–Crippen LogP) is 6.29. The second-order valence-corrected chi connectivity index (χ2v) is 18.0. The van der Waals surface area contributed by atoms with Crippen LogP contribution in [-0.4, -0.2) is 50.2 Å². The number of nitrogens with zero attached hydrogens (tertiary/aromatic N) is 1. The zero-order valence-corrected chi connectivity index (χ0v) is 27.5. The van der Waals surface area contributed by atoms with Gasteiger partial charge in [0, 0.05) is 30.4 Å². The van der Waals surface area contributed by atoms with Crippen LogP contribution in [0, 0.1) is 11.8 Å². The molecule has 1 saturated heterocycles. The van der Waals surface area contributed by atoms with E-state index < -0.39 is 38.6 Å². The van der Waals surface area contributed by atoms with E-state index in [1.54, 1.807) is 41.8 Å². The highest BCUT2D eigenvalue weighted by molar-refractivity contribution is 7.16.